The van der Waals surface area contributed by atoms with Gasteiger partial charge in [0.2, 0.25) is 0 Å². The molecule has 0 spiro atoms. The minimum Gasteiger partial charge on any atom is -0.410 e. The monoisotopic (exact) mass is 200 g/mol. The quantitative estimate of drug-likeness (QED) is 0.345. The summed E-state index contributed by atoms with van der Waals surface area (Å²) in [5, 5.41) is 15.6. The van der Waals surface area contributed by atoms with Crippen LogP contribution in [-0.4, -0.2) is 28.9 Å². The maximum absolute atomic E-state index is 11.1. The van der Waals surface area contributed by atoms with E-state index >= 15 is 0 Å². The molecule has 6 nitrogen and oxygen atoms in total. The molecule has 0 unspecified atom stereocenters. The summed E-state index contributed by atoms with van der Waals surface area (Å²) in [7, 11) is 1.43. The lowest BCUT2D eigenvalue weighted by atomic mass is 10.3. The Labute approximate surface area is 78.1 Å². The molecule has 0 bridgehead atoms. The van der Waals surface area contributed by atoms with Gasteiger partial charge in [0, 0.05) is 12.4 Å². The van der Waals surface area contributed by atoms with E-state index in [0.29, 0.717) is 5.13 Å². The molecule has 0 atom stereocenters. The summed E-state index contributed by atoms with van der Waals surface area (Å²) in [5.41, 5.74) is 5.48. The van der Waals surface area contributed by atoms with E-state index in [1.165, 1.54) is 18.4 Å². The molecule has 1 aromatic rings. The molecule has 4 N–H and O–H groups in total. The van der Waals surface area contributed by atoms with Gasteiger partial charge >= 0.3 is 0 Å². The minimum atomic E-state index is -0.507. The fraction of sp³-hybridized carbons (Fsp3) is 0.167. The predicted octanol–water partition coefficient (Wildman–Crippen LogP) is -0.350. The highest BCUT2D eigenvalue weighted by atomic mass is 32.1. The topological polar surface area (TPSA) is 101 Å². The van der Waals surface area contributed by atoms with Crippen molar-refractivity contribution in [2.75, 3.05) is 12.8 Å². The Morgan fingerprint density at radius 3 is 2.92 bits per heavy atom. The molecule has 0 radical (unpaired) electrons. The molecule has 0 aliphatic heterocycles. The number of hydrogen-bond acceptors (Lipinski definition) is 6. The van der Waals surface area contributed by atoms with Gasteiger partial charge in [0.1, 0.15) is 5.69 Å². The van der Waals surface area contributed by atoms with Crippen LogP contribution < -0.4 is 11.1 Å². The average Bonchev–Trinajstić information content (AvgIpc) is 2.53. The lowest BCUT2D eigenvalue weighted by Crippen LogP contribution is -2.28. The summed E-state index contributed by atoms with van der Waals surface area (Å²) in [6.45, 7) is 0. The first kappa shape index (κ1) is 9.46. The Balaban J connectivity index is 2.99. The number of thiazole rings is 1. The lowest BCUT2D eigenvalue weighted by Gasteiger charge is -1.97. The van der Waals surface area contributed by atoms with Crippen LogP contribution in [0.15, 0.2) is 10.5 Å². The summed E-state index contributed by atoms with van der Waals surface area (Å²) in [6, 6.07) is 0. The largest absolute Gasteiger partial charge is 0.410 e. The highest BCUT2D eigenvalue weighted by molar-refractivity contribution is 7.13. The molecule has 0 aliphatic carbocycles. The fourth-order valence-corrected chi connectivity index (χ4v) is 1.28. The third-order valence-electron chi connectivity index (χ3n) is 1.31. The van der Waals surface area contributed by atoms with Crippen molar-refractivity contribution in [2.45, 2.75) is 0 Å². The van der Waals surface area contributed by atoms with E-state index in [0.717, 1.165) is 0 Å². The maximum Gasteiger partial charge on any atom is 0.275 e. The SMILES string of the molecule is CNC(=O)/C(=N\O)c1csc(N)n1. The van der Waals surface area contributed by atoms with Crippen molar-refractivity contribution in [2.24, 2.45) is 5.16 Å². The Bertz CT molecular complexity index is 346. The smallest absolute Gasteiger partial charge is 0.275 e. The van der Waals surface area contributed by atoms with E-state index in [4.69, 9.17) is 10.9 Å². The molecule has 0 aliphatic rings. The van der Waals surface area contributed by atoms with Crippen LogP contribution in [0.4, 0.5) is 5.13 Å². The maximum atomic E-state index is 11.1. The zero-order valence-electron chi connectivity index (χ0n) is 6.81. The Kier molecular flexibility index (Phi) is 2.80. The first-order chi connectivity index (χ1) is 6.19. The van der Waals surface area contributed by atoms with E-state index in [1.54, 1.807) is 5.38 Å². The predicted molar refractivity (Wildman–Crippen MR) is 48.9 cm³/mol. The van der Waals surface area contributed by atoms with E-state index < -0.39 is 5.91 Å². The lowest BCUT2D eigenvalue weighted by molar-refractivity contribution is -0.114. The molecule has 0 saturated carbocycles. The number of nitrogen functional groups attached to an aromatic ring is 1. The van der Waals surface area contributed by atoms with E-state index in [2.05, 4.69) is 15.5 Å². The molecule has 13 heavy (non-hydrogen) atoms. The minimum absolute atomic E-state index is 0.143. The van der Waals surface area contributed by atoms with Crippen molar-refractivity contribution in [3.05, 3.63) is 11.1 Å². The molecule has 7 heteroatoms. The second-order valence-corrected chi connectivity index (χ2v) is 2.99. The van der Waals surface area contributed by atoms with Crippen LogP contribution >= 0.6 is 11.3 Å². The van der Waals surface area contributed by atoms with Gasteiger partial charge in [-0.3, -0.25) is 4.79 Å². The van der Waals surface area contributed by atoms with Gasteiger partial charge in [-0.05, 0) is 0 Å². The van der Waals surface area contributed by atoms with Crippen LogP contribution in [0.2, 0.25) is 0 Å². The highest BCUT2D eigenvalue weighted by Gasteiger charge is 2.15. The van der Waals surface area contributed by atoms with Crippen LogP contribution in [0.1, 0.15) is 5.69 Å². The van der Waals surface area contributed by atoms with Crippen molar-refractivity contribution in [3.63, 3.8) is 0 Å². The average molecular weight is 200 g/mol. The first-order valence-electron chi connectivity index (χ1n) is 3.34. The third kappa shape index (κ3) is 1.94. The second-order valence-electron chi connectivity index (χ2n) is 2.10. The van der Waals surface area contributed by atoms with Crippen molar-refractivity contribution >= 4 is 28.1 Å². The number of rotatable bonds is 2. The Morgan fingerprint density at radius 1 is 1.85 bits per heavy atom. The Hall–Kier alpha value is -1.63. The van der Waals surface area contributed by atoms with Gasteiger partial charge < -0.3 is 16.3 Å². The Morgan fingerprint density at radius 2 is 2.54 bits per heavy atom. The number of carbonyl (C=O) groups is 1. The number of amides is 1. The molecule has 1 aromatic heterocycles. The molecule has 0 aromatic carbocycles. The number of nitrogens with zero attached hydrogens (tertiary/aromatic N) is 2. The molecule has 1 heterocycles. The van der Waals surface area contributed by atoms with E-state index in [1.807, 2.05) is 0 Å². The third-order valence-corrected chi connectivity index (χ3v) is 1.98. The van der Waals surface area contributed by atoms with Gasteiger partial charge in [0.05, 0.1) is 0 Å². The normalized spacial score (nSPS) is 11.3. The zero-order chi connectivity index (χ0) is 9.84. The number of anilines is 1. The van der Waals surface area contributed by atoms with Gasteiger partial charge in [-0.1, -0.05) is 5.16 Å². The second kappa shape index (κ2) is 3.85. The summed E-state index contributed by atoms with van der Waals surface area (Å²) < 4.78 is 0. The van der Waals surface area contributed by atoms with Crippen LogP contribution in [0.5, 0.6) is 0 Å². The fourth-order valence-electron chi connectivity index (χ4n) is 0.728. The van der Waals surface area contributed by atoms with Crippen LogP contribution in [-0.2, 0) is 4.79 Å². The van der Waals surface area contributed by atoms with Crippen LogP contribution in [0, 0.1) is 0 Å². The number of nitrogens with two attached hydrogens (primary N) is 1. The number of aromatic nitrogens is 1. The summed E-state index contributed by atoms with van der Waals surface area (Å²) >= 11 is 1.17. The summed E-state index contributed by atoms with van der Waals surface area (Å²) in [6.07, 6.45) is 0. The number of carbonyl (C=O) groups excluding carboxylic acids is 1. The molecular weight excluding hydrogens is 192 g/mol. The molecule has 0 fully saturated rings. The van der Waals surface area contributed by atoms with Crippen LogP contribution in [0.25, 0.3) is 0 Å². The number of oxime groups is 1. The van der Waals surface area contributed by atoms with Crippen LogP contribution in [0.3, 0.4) is 0 Å². The molecule has 0 saturated heterocycles. The zero-order valence-corrected chi connectivity index (χ0v) is 7.63. The van der Waals surface area contributed by atoms with Crippen molar-refractivity contribution in [1.29, 1.82) is 0 Å². The highest BCUT2D eigenvalue weighted by Crippen LogP contribution is 2.11. The van der Waals surface area contributed by atoms with Crippen molar-refractivity contribution < 1.29 is 10.0 Å². The van der Waals surface area contributed by atoms with Crippen molar-refractivity contribution in [1.82, 2.24) is 10.3 Å². The number of nitrogens with one attached hydrogen (secondary N) is 1. The van der Waals surface area contributed by atoms with Gasteiger partial charge in [0.25, 0.3) is 5.91 Å². The van der Waals surface area contributed by atoms with E-state index in [-0.39, 0.29) is 11.4 Å². The van der Waals surface area contributed by atoms with Gasteiger partial charge in [-0.15, -0.1) is 11.3 Å². The number of hydrogen-bond donors (Lipinski definition) is 3. The molecule has 1 amide bonds. The standard InChI is InChI=1S/C6H8N4O2S/c1-8-5(11)4(10-12)3-2-13-6(7)9-3/h2,12H,1H3,(H2,7,9)(H,8,11)/b10-4-. The molecular formula is C6H8N4O2S. The van der Waals surface area contributed by atoms with Crippen molar-refractivity contribution in [3.8, 4) is 0 Å². The van der Waals surface area contributed by atoms with Gasteiger partial charge in [0.15, 0.2) is 10.8 Å². The summed E-state index contributed by atoms with van der Waals surface area (Å²) in [5.74, 6) is -0.507. The van der Waals surface area contributed by atoms with E-state index in [9.17, 15) is 4.79 Å². The van der Waals surface area contributed by atoms with Gasteiger partial charge in [-0.25, -0.2) is 4.98 Å². The van der Waals surface area contributed by atoms with Gasteiger partial charge in [-0.2, -0.15) is 0 Å². The first-order valence-corrected chi connectivity index (χ1v) is 4.22. The number of likely N-dealkylation sites (N-methyl/N-ethyl adjacent to an activating group) is 1. The molecule has 70 valence electrons. The summed E-state index contributed by atoms with van der Waals surface area (Å²) in [4.78, 5) is 14.9. The molecule has 1 rings (SSSR count).